The fourth-order valence-electron chi connectivity index (χ4n) is 2.54. The minimum atomic E-state index is -0.152. The van der Waals surface area contributed by atoms with Crippen molar-refractivity contribution in [2.24, 2.45) is 0 Å². The van der Waals surface area contributed by atoms with Gasteiger partial charge in [-0.3, -0.25) is 0 Å². The van der Waals surface area contributed by atoms with E-state index in [1.54, 1.807) is 12.5 Å². The lowest BCUT2D eigenvalue weighted by atomic mass is 9.98. The molecule has 0 saturated heterocycles. The lowest BCUT2D eigenvalue weighted by Gasteiger charge is -2.20. The Labute approximate surface area is 131 Å². The van der Waals surface area contributed by atoms with Crippen LogP contribution in [0.2, 0.25) is 0 Å². The highest BCUT2D eigenvalue weighted by atomic mass is 16.2. The van der Waals surface area contributed by atoms with E-state index in [-0.39, 0.29) is 18.1 Å². The first-order valence-electron chi connectivity index (χ1n) is 7.56. The summed E-state index contributed by atoms with van der Waals surface area (Å²) in [4.78, 5) is 16.1. The van der Waals surface area contributed by atoms with Crippen LogP contribution >= 0.6 is 0 Å². The van der Waals surface area contributed by atoms with Gasteiger partial charge in [0.25, 0.3) is 0 Å². The van der Waals surface area contributed by atoms with E-state index in [9.17, 15) is 4.79 Å². The van der Waals surface area contributed by atoms with Crippen molar-refractivity contribution in [2.45, 2.75) is 46.3 Å². The number of hydrogen-bond donors (Lipinski definition) is 2. The summed E-state index contributed by atoms with van der Waals surface area (Å²) in [5.41, 5.74) is 3.61. The van der Waals surface area contributed by atoms with E-state index < -0.39 is 0 Å². The molecular formula is C17H24N4O. The molecule has 0 bridgehead atoms. The number of aromatic nitrogens is 2. The SMILES string of the molecule is Cc1cccc([C@@H](C)NC(=O)N[C@@H](C)Cn2ccnc2)c1C. The molecular weight excluding hydrogens is 276 g/mol. The number of urea groups is 1. The monoisotopic (exact) mass is 300 g/mol. The fraction of sp³-hybridized carbons (Fsp3) is 0.412. The van der Waals surface area contributed by atoms with Crippen molar-refractivity contribution in [3.8, 4) is 0 Å². The summed E-state index contributed by atoms with van der Waals surface area (Å²) in [6, 6.07) is 6.01. The van der Waals surface area contributed by atoms with E-state index in [4.69, 9.17) is 0 Å². The van der Waals surface area contributed by atoms with E-state index in [1.807, 2.05) is 30.7 Å². The van der Waals surface area contributed by atoms with Crippen molar-refractivity contribution in [1.82, 2.24) is 20.2 Å². The molecule has 22 heavy (non-hydrogen) atoms. The van der Waals surface area contributed by atoms with Crippen molar-refractivity contribution in [3.05, 3.63) is 53.6 Å². The molecule has 5 heteroatoms. The lowest BCUT2D eigenvalue weighted by Crippen LogP contribution is -2.43. The van der Waals surface area contributed by atoms with Crippen molar-refractivity contribution in [3.63, 3.8) is 0 Å². The van der Waals surface area contributed by atoms with Gasteiger partial charge < -0.3 is 15.2 Å². The summed E-state index contributed by atoms with van der Waals surface area (Å²) in [5.74, 6) is 0. The third kappa shape index (κ3) is 4.10. The van der Waals surface area contributed by atoms with Gasteiger partial charge in [-0.1, -0.05) is 18.2 Å². The van der Waals surface area contributed by atoms with Crippen LogP contribution in [0.1, 0.15) is 36.6 Å². The Balaban J connectivity index is 1.89. The third-order valence-electron chi connectivity index (χ3n) is 3.88. The van der Waals surface area contributed by atoms with Gasteiger partial charge in [-0.15, -0.1) is 0 Å². The Hall–Kier alpha value is -2.30. The molecule has 2 aromatic rings. The number of nitrogens with zero attached hydrogens (tertiary/aromatic N) is 2. The van der Waals surface area contributed by atoms with Crippen LogP contribution < -0.4 is 10.6 Å². The molecule has 2 atom stereocenters. The van der Waals surface area contributed by atoms with Crippen LogP contribution in [0, 0.1) is 13.8 Å². The van der Waals surface area contributed by atoms with Crippen LogP contribution in [0.15, 0.2) is 36.9 Å². The van der Waals surface area contributed by atoms with Gasteiger partial charge in [0, 0.05) is 25.0 Å². The summed E-state index contributed by atoms with van der Waals surface area (Å²) in [5, 5.41) is 5.95. The van der Waals surface area contributed by atoms with Crippen LogP contribution in [-0.4, -0.2) is 21.6 Å². The molecule has 2 rings (SSSR count). The standard InChI is InChI=1S/C17H24N4O/c1-12-6-5-7-16(14(12)3)15(4)20-17(22)19-13(2)10-21-9-8-18-11-21/h5-9,11,13,15H,10H2,1-4H3,(H2,19,20,22)/t13-,15+/m0/s1. The van der Waals surface area contributed by atoms with Crippen molar-refractivity contribution < 1.29 is 4.79 Å². The first kappa shape index (κ1) is 16.1. The summed E-state index contributed by atoms with van der Waals surface area (Å²) >= 11 is 0. The number of hydrogen-bond acceptors (Lipinski definition) is 2. The Morgan fingerprint density at radius 2 is 2.05 bits per heavy atom. The number of benzene rings is 1. The number of imidazole rings is 1. The molecule has 1 heterocycles. The van der Waals surface area contributed by atoms with Crippen LogP contribution in [-0.2, 0) is 6.54 Å². The van der Waals surface area contributed by atoms with Crippen LogP contribution in [0.3, 0.4) is 0 Å². The number of rotatable bonds is 5. The molecule has 1 aromatic heterocycles. The average molecular weight is 300 g/mol. The van der Waals surface area contributed by atoms with Gasteiger partial charge in [-0.2, -0.15) is 0 Å². The first-order chi connectivity index (χ1) is 10.5. The second-order valence-electron chi connectivity index (χ2n) is 5.79. The maximum atomic E-state index is 12.1. The van der Waals surface area contributed by atoms with Gasteiger partial charge in [-0.25, -0.2) is 9.78 Å². The highest BCUT2D eigenvalue weighted by molar-refractivity contribution is 5.74. The molecule has 118 valence electrons. The van der Waals surface area contributed by atoms with Gasteiger partial charge in [0.1, 0.15) is 0 Å². The molecule has 0 fully saturated rings. The smallest absolute Gasteiger partial charge is 0.315 e. The largest absolute Gasteiger partial charge is 0.335 e. The van der Waals surface area contributed by atoms with E-state index in [0.717, 1.165) is 5.56 Å². The maximum absolute atomic E-state index is 12.1. The molecule has 0 aliphatic rings. The van der Waals surface area contributed by atoms with Gasteiger partial charge in [0.2, 0.25) is 0 Å². The Morgan fingerprint density at radius 1 is 1.27 bits per heavy atom. The molecule has 2 amide bonds. The lowest BCUT2D eigenvalue weighted by molar-refractivity contribution is 0.233. The number of amides is 2. The topological polar surface area (TPSA) is 59.0 Å². The summed E-state index contributed by atoms with van der Waals surface area (Å²) in [6.07, 6.45) is 5.36. The molecule has 0 radical (unpaired) electrons. The van der Waals surface area contributed by atoms with E-state index in [0.29, 0.717) is 6.54 Å². The highest BCUT2D eigenvalue weighted by Crippen LogP contribution is 2.19. The summed E-state index contributed by atoms with van der Waals surface area (Å²) in [7, 11) is 0. The van der Waals surface area contributed by atoms with E-state index in [1.165, 1.54) is 11.1 Å². The van der Waals surface area contributed by atoms with Crippen LogP contribution in [0.5, 0.6) is 0 Å². The molecule has 0 unspecified atom stereocenters. The molecule has 0 aliphatic heterocycles. The maximum Gasteiger partial charge on any atom is 0.315 e. The van der Waals surface area contributed by atoms with Gasteiger partial charge in [0.05, 0.1) is 12.4 Å². The Morgan fingerprint density at radius 3 is 2.73 bits per heavy atom. The zero-order valence-electron chi connectivity index (χ0n) is 13.6. The molecule has 0 saturated carbocycles. The second-order valence-corrected chi connectivity index (χ2v) is 5.79. The highest BCUT2D eigenvalue weighted by Gasteiger charge is 2.14. The fourth-order valence-corrected chi connectivity index (χ4v) is 2.54. The van der Waals surface area contributed by atoms with Crippen molar-refractivity contribution >= 4 is 6.03 Å². The second kappa shape index (κ2) is 7.11. The predicted molar refractivity (Wildman–Crippen MR) is 87.7 cm³/mol. The van der Waals surface area contributed by atoms with Crippen molar-refractivity contribution in [1.29, 1.82) is 0 Å². The van der Waals surface area contributed by atoms with Crippen LogP contribution in [0.25, 0.3) is 0 Å². The third-order valence-corrected chi connectivity index (χ3v) is 3.88. The number of aryl methyl sites for hydroxylation is 1. The molecule has 1 aromatic carbocycles. The zero-order valence-corrected chi connectivity index (χ0v) is 13.6. The van der Waals surface area contributed by atoms with Gasteiger partial charge in [-0.05, 0) is 44.4 Å². The molecule has 5 nitrogen and oxygen atoms in total. The van der Waals surface area contributed by atoms with Crippen LogP contribution in [0.4, 0.5) is 4.79 Å². The molecule has 0 aliphatic carbocycles. The van der Waals surface area contributed by atoms with Gasteiger partial charge >= 0.3 is 6.03 Å². The van der Waals surface area contributed by atoms with Gasteiger partial charge in [0.15, 0.2) is 0 Å². The quantitative estimate of drug-likeness (QED) is 0.892. The number of carbonyl (C=O) groups excluding carboxylic acids is 1. The molecule has 2 N–H and O–H groups in total. The Kier molecular flexibility index (Phi) is 5.20. The summed E-state index contributed by atoms with van der Waals surface area (Å²) in [6.45, 7) is 8.84. The van der Waals surface area contributed by atoms with E-state index >= 15 is 0 Å². The minimum absolute atomic E-state index is 0.0275. The minimum Gasteiger partial charge on any atom is -0.335 e. The first-order valence-corrected chi connectivity index (χ1v) is 7.56. The summed E-state index contributed by atoms with van der Waals surface area (Å²) < 4.78 is 1.94. The number of nitrogens with one attached hydrogen (secondary N) is 2. The Bertz CT molecular complexity index is 622. The normalized spacial score (nSPS) is 13.5. The average Bonchev–Trinajstić information content (AvgIpc) is 2.94. The molecule has 0 spiro atoms. The predicted octanol–water partition coefficient (Wildman–Crippen LogP) is 2.95. The van der Waals surface area contributed by atoms with Crippen molar-refractivity contribution in [2.75, 3.05) is 0 Å². The number of carbonyl (C=O) groups is 1. The zero-order chi connectivity index (χ0) is 16.1. The van der Waals surface area contributed by atoms with E-state index in [2.05, 4.69) is 41.6 Å².